The summed E-state index contributed by atoms with van der Waals surface area (Å²) < 4.78 is 16.2. The van der Waals surface area contributed by atoms with E-state index in [1.807, 2.05) is 0 Å². The summed E-state index contributed by atoms with van der Waals surface area (Å²) in [5.41, 5.74) is 0.254. The molecule has 122 valence electrons. The van der Waals surface area contributed by atoms with Gasteiger partial charge < -0.3 is 18.6 Å². The van der Waals surface area contributed by atoms with E-state index in [-0.39, 0.29) is 17.7 Å². The zero-order valence-electron chi connectivity index (χ0n) is 12.7. The van der Waals surface area contributed by atoms with Gasteiger partial charge in [-0.2, -0.15) is 0 Å². The molecule has 1 amide bonds. The standard InChI is InChI=1S/C16H14N4O4/c21-16(12-8-14(24-19-12)13-2-1-7-22-13)20-6-4-11(9-20)23-15-3-5-17-10-18-15/h1-3,5,7-8,10-11H,4,6,9H2/t11-/m0/s1. The van der Waals surface area contributed by atoms with Crippen LogP contribution in [0.2, 0.25) is 0 Å². The highest BCUT2D eigenvalue weighted by molar-refractivity contribution is 5.93. The maximum Gasteiger partial charge on any atom is 0.276 e. The summed E-state index contributed by atoms with van der Waals surface area (Å²) in [7, 11) is 0. The molecule has 0 aliphatic carbocycles. The van der Waals surface area contributed by atoms with E-state index in [0.717, 1.165) is 6.42 Å². The van der Waals surface area contributed by atoms with Crippen LogP contribution in [0.1, 0.15) is 16.9 Å². The van der Waals surface area contributed by atoms with Gasteiger partial charge in [0, 0.05) is 31.3 Å². The molecular weight excluding hydrogens is 312 g/mol. The highest BCUT2D eigenvalue weighted by Gasteiger charge is 2.30. The first-order valence-electron chi connectivity index (χ1n) is 7.52. The summed E-state index contributed by atoms with van der Waals surface area (Å²) in [6, 6.07) is 6.77. The number of ether oxygens (including phenoxy) is 1. The average molecular weight is 326 g/mol. The summed E-state index contributed by atoms with van der Waals surface area (Å²) in [6.45, 7) is 1.07. The van der Waals surface area contributed by atoms with Gasteiger partial charge in [0.1, 0.15) is 12.4 Å². The molecule has 4 heterocycles. The molecular formula is C16H14N4O4. The van der Waals surface area contributed by atoms with Gasteiger partial charge >= 0.3 is 0 Å². The van der Waals surface area contributed by atoms with Crippen LogP contribution in [-0.2, 0) is 0 Å². The van der Waals surface area contributed by atoms with Crippen LogP contribution in [0.4, 0.5) is 0 Å². The second-order valence-electron chi connectivity index (χ2n) is 5.38. The lowest BCUT2D eigenvalue weighted by molar-refractivity contribution is 0.0761. The van der Waals surface area contributed by atoms with Crippen LogP contribution >= 0.6 is 0 Å². The maximum absolute atomic E-state index is 12.5. The Morgan fingerprint density at radius 1 is 1.33 bits per heavy atom. The number of amides is 1. The number of aromatic nitrogens is 3. The molecule has 0 radical (unpaired) electrons. The molecule has 1 aliphatic heterocycles. The molecule has 0 aromatic carbocycles. The lowest BCUT2D eigenvalue weighted by atomic mass is 10.3. The van der Waals surface area contributed by atoms with Crippen molar-refractivity contribution in [2.45, 2.75) is 12.5 Å². The van der Waals surface area contributed by atoms with Crippen molar-refractivity contribution in [3.05, 3.63) is 48.7 Å². The Labute approximate surface area is 137 Å². The molecule has 8 nitrogen and oxygen atoms in total. The Hall–Kier alpha value is -3.16. The molecule has 1 fully saturated rings. The second kappa shape index (κ2) is 6.15. The quantitative estimate of drug-likeness (QED) is 0.724. The van der Waals surface area contributed by atoms with Crippen LogP contribution in [0.5, 0.6) is 5.88 Å². The van der Waals surface area contributed by atoms with Crippen molar-refractivity contribution in [3.8, 4) is 17.4 Å². The van der Waals surface area contributed by atoms with E-state index < -0.39 is 0 Å². The van der Waals surface area contributed by atoms with Crippen LogP contribution in [-0.4, -0.2) is 45.1 Å². The highest BCUT2D eigenvalue weighted by Crippen LogP contribution is 2.23. The van der Waals surface area contributed by atoms with Crippen LogP contribution in [0.3, 0.4) is 0 Å². The summed E-state index contributed by atoms with van der Waals surface area (Å²) >= 11 is 0. The Morgan fingerprint density at radius 2 is 2.29 bits per heavy atom. The normalized spacial score (nSPS) is 17.2. The summed E-state index contributed by atoms with van der Waals surface area (Å²) in [5, 5.41) is 3.84. The van der Waals surface area contributed by atoms with Gasteiger partial charge in [-0.1, -0.05) is 5.16 Å². The minimum atomic E-state index is -0.189. The first-order valence-corrected chi connectivity index (χ1v) is 7.52. The van der Waals surface area contributed by atoms with Gasteiger partial charge in [0.15, 0.2) is 11.5 Å². The number of likely N-dealkylation sites (tertiary alicyclic amines) is 1. The molecule has 3 aromatic heterocycles. The molecule has 0 N–H and O–H groups in total. The van der Waals surface area contributed by atoms with E-state index in [0.29, 0.717) is 30.5 Å². The molecule has 0 saturated carbocycles. The molecule has 4 rings (SSSR count). The number of nitrogens with zero attached hydrogens (tertiary/aromatic N) is 4. The smallest absolute Gasteiger partial charge is 0.276 e. The van der Waals surface area contributed by atoms with Crippen molar-refractivity contribution >= 4 is 5.91 Å². The van der Waals surface area contributed by atoms with Gasteiger partial charge in [-0.05, 0) is 12.1 Å². The number of carbonyl (C=O) groups excluding carboxylic acids is 1. The number of hydrogen-bond acceptors (Lipinski definition) is 7. The number of furan rings is 1. The van der Waals surface area contributed by atoms with Crippen molar-refractivity contribution in [1.82, 2.24) is 20.0 Å². The SMILES string of the molecule is O=C(c1cc(-c2ccco2)on1)N1CC[C@H](Oc2ccncn2)C1. The number of carbonyl (C=O) groups is 1. The number of hydrogen-bond donors (Lipinski definition) is 0. The maximum atomic E-state index is 12.5. The van der Waals surface area contributed by atoms with Crippen molar-refractivity contribution in [2.24, 2.45) is 0 Å². The van der Waals surface area contributed by atoms with Crippen LogP contribution in [0.15, 0.2) is 52.0 Å². The van der Waals surface area contributed by atoms with Gasteiger partial charge in [0.25, 0.3) is 5.91 Å². The van der Waals surface area contributed by atoms with Crippen molar-refractivity contribution in [1.29, 1.82) is 0 Å². The third kappa shape index (κ3) is 2.85. The summed E-state index contributed by atoms with van der Waals surface area (Å²) in [5.74, 6) is 1.28. The van der Waals surface area contributed by atoms with E-state index in [1.54, 1.807) is 35.4 Å². The lowest BCUT2D eigenvalue weighted by Gasteiger charge is -2.15. The average Bonchev–Trinajstić information content (AvgIpc) is 3.36. The third-order valence-electron chi connectivity index (χ3n) is 3.77. The molecule has 8 heteroatoms. The van der Waals surface area contributed by atoms with Gasteiger partial charge in [0.05, 0.1) is 12.8 Å². The summed E-state index contributed by atoms with van der Waals surface area (Å²) in [4.78, 5) is 22.1. The van der Waals surface area contributed by atoms with E-state index >= 15 is 0 Å². The monoisotopic (exact) mass is 326 g/mol. The van der Waals surface area contributed by atoms with Gasteiger partial charge in [-0.15, -0.1) is 0 Å². The fourth-order valence-electron chi connectivity index (χ4n) is 2.60. The zero-order valence-corrected chi connectivity index (χ0v) is 12.7. The molecule has 1 atom stereocenters. The Kier molecular flexibility index (Phi) is 3.70. The fraction of sp³-hybridized carbons (Fsp3) is 0.250. The largest absolute Gasteiger partial charge is 0.472 e. The van der Waals surface area contributed by atoms with Crippen LogP contribution in [0.25, 0.3) is 11.5 Å². The van der Waals surface area contributed by atoms with E-state index in [2.05, 4.69) is 15.1 Å². The lowest BCUT2D eigenvalue weighted by Crippen LogP contribution is -2.31. The zero-order chi connectivity index (χ0) is 16.4. The minimum absolute atomic E-state index is 0.0969. The van der Waals surface area contributed by atoms with Crippen molar-refractivity contribution in [2.75, 3.05) is 13.1 Å². The predicted molar refractivity (Wildman–Crippen MR) is 81.2 cm³/mol. The van der Waals surface area contributed by atoms with E-state index in [1.165, 1.54) is 12.6 Å². The molecule has 3 aromatic rings. The molecule has 0 spiro atoms. The van der Waals surface area contributed by atoms with Crippen molar-refractivity contribution in [3.63, 3.8) is 0 Å². The number of rotatable bonds is 4. The first-order chi connectivity index (χ1) is 11.8. The molecule has 24 heavy (non-hydrogen) atoms. The van der Waals surface area contributed by atoms with Crippen molar-refractivity contribution < 1.29 is 18.5 Å². The Balaban J connectivity index is 1.41. The van der Waals surface area contributed by atoms with Gasteiger partial charge in [-0.25, -0.2) is 9.97 Å². The molecule has 0 bridgehead atoms. The molecule has 0 unspecified atom stereocenters. The minimum Gasteiger partial charge on any atom is -0.472 e. The van der Waals surface area contributed by atoms with E-state index in [4.69, 9.17) is 13.7 Å². The van der Waals surface area contributed by atoms with Crippen LogP contribution in [0, 0.1) is 0 Å². The highest BCUT2D eigenvalue weighted by atomic mass is 16.5. The molecule has 1 saturated heterocycles. The van der Waals surface area contributed by atoms with Gasteiger partial charge in [-0.3, -0.25) is 4.79 Å². The second-order valence-corrected chi connectivity index (χ2v) is 5.38. The van der Waals surface area contributed by atoms with Crippen LogP contribution < -0.4 is 4.74 Å². The van der Waals surface area contributed by atoms with E-state index in [9.17, 15) is 4.79 Å². The first kappa shape index (κ1) is 14.4. The van der Waals surface area contributed by atoms with Gasteiger partial charge in [0.2, 0.25) is 11.6 Å². The molecule has 1 aliphatic rings. The topological polar surface area (TPSA) is 94.5 Å². The Bertz CT molecular complexity index is 816. The fourth-order valence-corrected chi connectivity index (χ4v) is 2.60. The Morgan fingerprint density at radius 3 is 3.08 bits per heavy atom. The predicted octanol–water partition coefficient (Wildman–Crippen LogP) is 2.02. The summed E-state index contributed by atoms with van der Waals surface area (Å²) in [6.07, 6.45) is 5.22. The third-order valence-corrected chi connectivity index (χ3v) is 3.77.